The number of nitrogens with one attached hydrogen (secondary N) is 2. The SMILES string of the molecule is Cc1cc(Cl)ccc1NC(=O)CSc1nnc(NN)n1N. The lowest BCUT2D eigenvalue weighted by Crippen LogP contribution is -2.19. The summed E-state index contributed by atoms with van der Waals surface area (Å²) in [6, 6.07) is 5.25. The first-order valence-corrected chi connectivity index (χ1v) is 7.23. The minimum atomic E-state index is -0.185. The first kappa shape index (κ1) is 15.4. The van der Waals surface area contributed by atoms with Crippen molar-refractivity contribution >= 4 is 40.9 Å². The van der Waals surface area contributed by atoms with Crippen molar-refractivity contribution in [2.75, 3.05) is 22.3 Å². The molecule has 2 aromatic rings. The maximum Gasteiger partial charge on any atom is 0.258 e. The minimum Gasteiger partial charge on any atom is -0.334 e. The fraction of sp³-hybridized carbons (Fsp3) is 0.182. The van der Waals surface area contributed by atoms with Gasteiger partial charge in [-0.05, 0) is 30.7 Å². The third-order valence-corrected chi connectivity index (χ3v) is 3.77. The van der Waals surface area contributed by atoms with E-state index in [1.807, 2.05) is 6.92 Å². The number of thioether (sulfide) groups is 1. The smallest absolute Gasteiger partial charge is 0.258 e. The maximum atomic E-state index is 11.9. The number of amides is 1. The van der Waals surface area contributed by atoms with Crippen molar-refractivity contribution in [3.63, 3.8) is 0 Å². The van der Waals surface area contributed by atoms with E-state index >= 15 is 0 Å². The summed E-state index contributed by atoms with van der Waals surface area (Å²) in [4.78, 5) is 11.9. The molecule has 10 heteroatoms. The number of benzene rings is 1. The van der Waals surface area contributed by atoms with Crippen molar-refractivity contribution in [1.82, 2.24) is 14.9 Å². The second-order valence-corrected chi connectivity index (χ2v) is 5.50. The molecular weight excluding hydrogens is 314 g/mol. The Labute approximate surface area is 130 Å². The Balaban J connectivity index is 1.94. The van der Waals surface area contributed by atoms with Gasteiger partial charge in [-0.2, -0.15) is 0 Å². The number of hydrazine groups is 1. The summed E-state index contributed by atoms with van der Waals surface area (Å²) in [6.07, 6.45) is 0. The highest BCUT2D eigenvalue weighted by Gasteiger charge is 2.12. The average Bonchev–Trinajstić information content (AvgIpc) is 2.80. The normalized spacial score (nSPS) is 10.4. The number of halogens is 1. The van der Waals surface area contributed by atoms with Gasteiger partial charge >= 0.3 is 0 Å². The van der Waals surface area contributed by atoms with Crippen LogP contribution in [0.2, 0.25) is 5.02 Å². The molecule has 0 aliphatic carbocycles. The highest BCUT2D eigenvalue weighted by molar-refractivity contribution is 7.99. The molecule has 0 atom stereocenters. The van der Waals surface area contributed by atoms with Crippen LogP contribution in [0.25, 0.3) is 0 Å². The van der Waals surface area contributed by atoms with Gasteiger partial charge in [-0.3, -0.25) is 10.2 Å². The van der Waals surface area contributed by atoms with Crippen LogP contribution in [0.5, 0.6) is 0 Å². The van der Waals surface area contributed by atoms with Crippen molar-refractivity contribution in [2.24, 2.45) is 5.84 Å². The molecule has 1 amide bonds. The molecule has 6 N–H and O–H groups in total. The van der Waals surface area contributed by atoms with E-state index in [2.05, 4.69) is 20.9 Å². The van der Waals surface area contributed by atoms with Gasteiger partial charge < -0.3 is 11.2 Å². The van der Waals surface area contributed by atoms with Crippen LogP contribution in [0.1, 0.15) is 5.56 Å². The number of aromatic nitrogens is 3. The van der Waals surface area contributed by atoms with E-state index in [4.69, 9.17) is 23.3 Å². The van der Waals surface area contributed by atoms with Crippen LogP contribution < -0.4 is 22.4 Å². The van der Waals surface area contributed by atoms with Gasteiger partial charge in [-0.15, -0.1) is 10.2 Å². The Bertz CT molecular complexity index is 660. The standard InChI is InChI=1S/C11H14ClN7OS/c1-6-4-7(12)2-3-8(6)15-9(20)5-21-11-18-17-10(16-13)19(11)14/h2-4H,5,13-14H2,1H3,(H,15,20)(H,16,17). The van der Waals surface area contributed by atoms with Crippen molar-refractivity contribution in [1.29, 1.82) is 0 Å². The van der Waals surface area contributed by atoms with Crippen molar-refractivity contribution in [3.8, 4) is 0 Å². The number of carbonyl (C=O) groups excluding carboxylic acids is 1. The number of hydrogen-bond acceptors (Lipinski definition) is 7. The van der Waals surface area contributed by atoms with Gasteiger partial charge in [-0.25, -0.2) is 10.5 Å². The lowest BCUT2D eigenvalue weighted by atomic mass is 10.2. The summed E-state index contributed by atoms with van der Waals surface area (Å²) in [7, 11) is 0. The molecule has 0 aliphatic heterocycles. The van der Waals surface area contributed by atoms with E-state index < -0.39 is 0 Å². The molecule has 0 unspecified atom stereocenters. The van der Waals surface area contributed by atoms with Gasteiger partial charge in [0.05, 0.1) is 5.75 Å². The third-order valence-electron chi connectivity index (χ3n) is 2.59. The zero-order valence-corrected chi connectivity index (χ0v) is 12.7. The zero-order chi connectivity index (χ0) is 15.4. The molecule has 0 aliphatic rings. The highest BCUT2D eigenvalue weighted by atomic mass is 35.5. The molecule has 0 radical (unpaired) electrons. The van der Waals surface area contributed by atoms with E-state index in [1.165, 1.54) is 4.68 Å². The topological polar surface area (TPSA) is 124 Å². The summed E-state index contributed by atoms with van der Waals surface area (Å²) in [5, 5.41) is 11.3. The lowest BCUT2D eigenvalue weighted by molar-refractivity contribution is -0.113. The van der Waals surface area contributed by atoms with E-state index in [-0.39, 0.29) is 17.6 Å². The summed E-state index contributed by atoms with van der Waals surface area (Å²) in [5.74, 6) is 11.0. The molecule has 0 spiro atoms. The predicted molar refractivity (Wildman–Crippen MR) is 83.5 cm³/mol. The van der Waals surface area contributed by atoms with Crippen LogP contribution in [0.4, 0.5) is 11.6 Å². The van der Waals surface area contributed by atoms with Gasteiger partial charge in [0.15, 0.2) is 0 Å². The van der Waals surface area contributed by atoms with Crippen LogP contribution in [0.3, 0.4) is 0 Å². The fourth-order valence-electron chi connectivity index (χ4n) is 1.56. The molecule has 1 aromatic carbocycles. The van der Waals surface area contributed by atoms with E-state index in [1.54, 1.807) is 18.2 Å². The number of rotatable bonds is 5. The van der Waals surface area contributed by atoms with Gasteiger partial charge in [0, 0.05) is 10.7 Å². The fourth-order valence-corrected chi connectivity index (χ4v) is 2.44. The Morgan fingerprint density at radius 2 is 2.24 bits per heavy atom. The lowest BCUT2D eigenvalue weighted by Gasteiger charge is -2.08. The first-order valence-electron chi connectivity index (χ1n) is 5.87. The molecule has 0 fully saturated rings. The maximum absolute atomic E-state index is 11.9. The van der Waals surface area contributed by atoms with Gasteiger partial charge in [0.1, 0.15) is 0 Å². The predicted octanol–water partition coefficient (Wildman–Crippen LogP) is 0.970. The van der Waals surface area contributed by atoms with Crippen molar-refractivity contribution in [2.45, 2.75) is 12.1 Å². The highest BCUT2D eigenvalue weighted by Crippen LogP contribution is 2.21. The number of carbonyl (C=O) groups is 1. The molecule has 0 saturated carbocycles. The molecule has 0 saturated heterocycles. The second kappa shape index (κ2) is 6.66. The first-order chi connectivity index (χ1) is 10.0. The number of anilines is 2. The monoisotopic (exact) mass is 327 g/mol. The molecule has 2 rings (SSSR count). The summed E-state index contributed by atoms with van der Waals surface area (Å²) >= 11 is 7.01. The molecule has 112 valence electrons. The number of aryl methyl sites for hydroxylation is 1. The van der Waals surface area contributed by atoms with Gasteiger partial charge in [0.25, 0.3) is 5.95 Å². The number of hydrogen-bond donors (Lipinski definition) is 4. The van der Waals surface area contributed by atoms with Crippen LogP contribution >= 0.6 is 23.4 Å². The minimum absolute atomic E-state index is 0.141. The Morgan fingerprint density at radius 3 is 2.86 bits per heavy atom. The molecule has 0 bridgehead atoms. The molecule has 1 heterocycles. The third kappa shape index (κ3) is 3.78. The van der Waals surface area contributed by atoms with Crippen LogP contribution in [0.15, 0.2) is 23.4 Å². The van der Waals surface area contributed by atoms with E-state index in [0.29, 0.717) is 15.9 Å². The van der Waals surface area contributed by atoms with Crippen LogP contribution in [-0.4, -0.2) is 26.5 Å². The van der Waals surface area contributed by atoms with Gasteiger partial charge in [0.2, 0.25) is 11.1 Å². The van der Waals surface area contributed by atoms with Crippen LogP contribution in [0, 0.1) is 6.92 Å². The number of nitrogens with zero attached hydrogens (tertiary/aromatic N) is 3. The summed E-state index contributed by atoms with van der Waals surface area (Å²) in [6.45, 7) is 1.87. The Hall–Kier alpha value is -1.97. The number of nitrogen functional groups attached to an aromatic ring is 2. The molecule has 21 heavy (non-hydrogen) atoms. The van der Waals surface area contributed by atoms with Crippen LogP contribution in [-0.2, 0) is 4.79 Å². The Morgan fingerprint density at radius 1 is 1.48 bits per heavy atom. The largest absolute Gasteiger partial charge is 0.334 e. The zero-order valence-electron chi connectivity index (χ0n) is 11.1. The molecule has 8 nitrogen and oxygen atoms in total. The van der Waals surface area contributed by atoms with E-state index in [9.17, 15) is 4.79 Å². The average molecular weight is 328 g/mol. The summed E-state index contributed by atoms with van der Waals surface area (Å²) in [5.41, 5.74) is 3.89. The Kier molecular flexibility index (Phi) is 4.89. The second-order valence-electron chi connectivity index (χ2n) is 4.12. The van der Waals surface area contributed by atoms with Gasteiger partial charge in [-0.1, -0.05) is 23.4 Å². The van der Waals surface area contributed by atoms with E-state index in [0.717, 1.165) is 17.3 Å². The molecule has 1 aromatic heterocycles. The van der Waals surface area contributed by atoms with Crippen molar-refractivity contribution < 1.29 is 4.79 Å². The number of nitrogens with two attached hydrogens (primary N) is 2. The summed E-state index contributed by atoms with van der Waals surface area (Å²) < 4.78 is 1.17. The quantitative estimate of drug-likeness (QED) is 0.366. The van der Waals surface area contributed by atoms with Crippen molar-refractivity contribution in [3.05, 3.63) is 28.8 Å². The molecular formula is C11H14ClN7OS.